The van der Waals surface area contributed by atoms with Gasteiger partial charge in [-0.05, 0) is 43.3 Å². The predicted octanol–water partition coefficient (Wildman–Crippen LogP) is 3.49. The Morgan fingerprint density at radius 2 is 1.88 bits per heavy atom. The molecule has 1 heterocycles. The van der Waals surface area contributed by atoms with Gasteiger partial charge in [-0.2, -0.15) is 0 Å². The smallest absolute Gasteiger partial charge is 0.134 e. The minimum absolute atomic E-state index is 0.115. The van der Waals surface area contributed by atoms with Gasteiger partial charge in [0.05, 0.1) is 0 Å². The summed E-state index contributed by atoms with van der Waals surface area (Å²) in [4.78, 5) is 0. The summed E-state index contributed by atoms with van der Waals surface area (Å²) in [6.45, 7) is 1.96. The third-order valence-electron chi connectivity index (χ3n) is 2.31. The monoisotopic (exact) mass is 235 g/mol. The number of rotatable bonds is 3. The van der Waals surface area contributed by atoms with Gasteiger partial charge in [0.2, 0.25) is 0 Å². The van der Waals surface area contributed by atoms with Gasteiger partial charge in [-0.1, -0.05) is 11.6 Å². The molecule has 2 aromatic rings. The van der Waals surface area contributed by atoms with Gasteiger partial charge in [-0.15, -0.1) is 0 Å². The summed E-state index contributed by atoms with van der Waals surface area (Å²) in [6.07, 6.45) is 0.758. The zero-order valence-electron chi connectivity index (χ0n) is 9.11. The molecule has 1 aromatic carbocycles. The fourth-order valence-electron chi connectivity index (χ4n) is 1.57. The van der Waals surface area contributed by atoms with E-state index in [4.69, 9.17) is 21.8 Å². The summed E-state index contributed by atoms with van der Waals surface area (Å²) in [5, 5.41) is 0.728. The second-order valence-electron chi connectivity index (χ2n) is 3.95. The van der Waals surface area contributed by atoms with Crippen LogP contribution in [0.25, 0.3) is 11.3 Å². The number of hydrogen-bond donors (Lipinski definition) is 1. The van der Waals surface area contributed by atoms with Crippen molar-refractivity contribution in [1.82, 2.24) is 0 Å². The van der Waals surface area contributed by atoms with Crippen molar-refractivity contribution in [2.24, 2.45) is 5.73 Å². The highest BCUT2D eigenvalue weighted by atomic mass is 35.5. The maximum Gasteiger partial charge on any atom is 0.134 e. The molecule has 1 atom stereocenters. The molecule has 16 heavy (non-hydrogen) atoms. The fraction of sp³-hybridized carbons (Fsp3) is 0.231. The van der Waals surface area contributed by atoms with Gasteiger partial charge in [0.25, 0.3) is 0 Å². The summed E-state index contributed by atoms with van der Waals surface area (Å²) < 4.78 is 5.70. The van der Waals surface area contributed by atoms with E-state index in [0.29, 0.717) is 0 Å². The zero-order chi connectivity index (χ0) is 11.5. The molecule has 1 unspecified atom stereocenters. The van der Waals surface area contributed by atoms with Crippen LogP contribution in [0.2, 0.25) is 5.02 Å². The molecular formula is C13H14ClNO. The maximum absolute atomic E-state index is 5.83. The van der Waals surface area contributed by atoms with Crippen molar-refractivity contribution >= 4 is 11.6 Å². The Morgan fingerprint density at radius 3 is 2.50 bits per heavy atom. The van der Waals surface area contributed by atoms with Gasteiger partial charge >= 0.3 is 0 Å². The molecular weight excluding hydrogens is 222 g/mol. The van der Waals surface area contributed by atoms with E-state index in [-0.39, 0.29) is 6.04 Å². The lowest BCUT2D eigenvalue weighted by atomic mass is 10.2. The number of nitrogens with two attached hydrogens (primary N) is 1. The lowest BCUT2D eigenvalue weighted by Crippen LogP contribution is -2.17. The van der Waals surface area contributed by atoms with Crippen LogP contribution in [0.15, 0.2) is 40.8 Å². The lowest BCUT2D eigenvalue weighted by molar-refractivity contribution is 0.503. The molecule has 2 rings (SSSR count). The van der Waals surface area contributed by atoms with Crippen molar-refractivity contribution in [3.05, 3.63) is 47.2 Å². The molecule has 0 saturated heterocycles. The summed E-state index contributed by atoms with van der Waals surface area (Å²) in [6, 6.07) is 11.6. The third-order valence-corrected chi connectivity index (χ3v) is 2.57. The first-order chi connectivity index (χ1) is 7.65. The normalized spacial score (nSPS) is 12.7. The van der Waals surface area contributed by atoms with E-state index in [0.717, 1.165) is 28.5 Å². The van der Waals surface area contributed by atoms with Crippen LogP contribution < -0.4 is 5.73 Å². The van der Waals surface area contributed by atoms with Crippen LogP contribution in [0.3, 0.4) is 0 Å². The Kier molecular flexibility index (Phi) is 3.32. The standard InChI is InChI=1S/C13H14ClNO/c1-9(15)8-12-6-7-13(16-12)10-2-4-11(14)5-3-10/h2-7,9H,8,15H2,1H3. The second-order valence-corrected chi connectivity index (χ2v) is 4.39. The zero-order valence-corrected chi connectivity index (χ0v) is 9.87. The largest absolute Gasteiger partial charge is 0.461 e. The number of hydrogen-bond acceptors (Lipinski definition) is 2. The van der Waals surface area contributed by atoms with Gasteiger partial charge < -0.3 is 10.2 Å². The Hall–Kier alpha value is -1.25. The highest BCUT2D eigenvalue weighted by Crippen LogP contribution is 2.24. The highest BCUT2D eigenvalue weighted by molar-refractivity contribution is 6.30. The Balaban J connectivity index is 2.21. The van der Waals surface area contributed by atoms with Gasteiger partial charge in [0, 0.05) is 23.0 Å². The van der Waals surface area contributed by atoms with Gasteiger partial charge in [0.1, 0.15) is 11.5 Å². The molecule has 0 fully saturated rings. The summed E-state index contributed by atoms with van der Waals surface area (Å²) in [7, 11) is 0. The molecule has 0 spiro atoms. The van der Waals surface area contributed by atoms with Crippen molar-refractivity contribution in [3.63, 3.8) is 0 Å². The summed E-state index contributed by atoms with van der Waals surface area (Å²) in [5.41, 5.74) is 6.74. The first-order valence-electron chi connectivity index (χ1n) is 5.25. The van der Waals surface area contributed by atoms with Crippen molar-refractivity contribution in [3.8, 4) is 11.3 Å². The number of halogens is 1. The van der Waals surface area contributed by atoms with E-state index in [2.05, 4.69) is 0 Å². The molecule has 0 aliphatic heterocycles. The Labute approximate surface area is 100 Å². The summed E-state index contributed by atoms with van der Waals surface area (Å²) >= 11 is 5.83. The van der Waals surface area contributed by atoms with Crippen molar-refractivity contribution in [2.75, 3.05) is 0 Å². The molecule has 3 heteroatoms. The molecule has 2 nitrogen and oxygen atoms in total. The first-order valence-corrected chi connectivity index (χ1v) is 5.63. The molecule has 2 N–H and O–H groups in total. The van der Waals surface area contributed by atoms with E-state index in [1.807, 2.05) is 43.3 Å². The SMILES string of the molecule is CC(N)Cc1ccc(-c2ccc(Cl)cc2)o1. The van der Waals surface area contributed by atoms with Crippen LogP contribution in [-0.2, 0) is 6.42 Å². The van der Waals surface area contributed by atoms with Gasteiger partial charge in [0.15, 0.2) is 0 Å². The molecule has 0 bridgehead atoms. The van der Waals surface area contributed by atoms with Crippen LogP contribution in [0, 0.1) is 0 Å². The quantitative estimate of drug-likeness (QED) is 0.885. The third kappa shape index (κ3) is 2.65. The minimum atomic E-state index is 0.115. The molecule has 1 aromatic heterocycles. The van der Waals surface area contributed by atoms with Gasteiger partial charge in [-0.3, -0.25) is 0 Å². The van der Waals surface area contributed by atoms with Crippen LogP contribution in [-0.4, -0.2) is 6.04 Å². The van der Waals surface area contributed by atoms with Crippen LogP contribution >= 0.6 is 11.6 Å². The predicted molar refractivity (Wildman–Crippen MR) is 66.5 cm³/mol. The molecule has 0 radical (unpaired) electrons. The molecule has 0 aliphatic carbocycles. The lowest BCUT2D eigenvalue weighted by Gasteiger charge is -2.01. The van der Waals surface area contributed by atoms with E-state index >= 15 is 0 Å². The van der Waals surface area contributed by atoms with E-state index in [1.54, 1.807) is 0 Å². The Morgan fingerprint density at radius 1 is 1.19 bits per heavy atom. The second kappa shape index (κ2) is 4.73. The van der Waals surface area contributed by atoms with Gasteiger partial charge in [-0.25, -0.2) is 0 Å². The van der Waals surface area contributed by atoms with E-state index < -0.39 is 0 Å². The summed E-state index contributed by atoms with van der Waals surface area (Å²) in [5.74, 6) is 1.77. The Bertz CT molecular complexity index is 459. The molecule has 0 saturated carbocycles. The fourth-order valence-corrected chi connectivity index (χ4v) is 1.70. The van der Waals surface area contributed by atoms with Crippen LogP contribution in [0.1, 0.15) is 12.7 Å². The highest BCUT2D eigenvalue weighted by Gasteiger charge is 2.06. The maximum atomic E-state index is 5.83. The first kappa shape index (κ1) is 11.2. The molecule has 84 valence electrons. The number of benzene rings is 1. The van der Waals surface area contributed by atoms with E-state index in [1.165, 1.54) is 0 Å². The van der Waals surface area contributed by atoms with Crippen molar-refractivity contribution in [2.45, 2.75) is 19.4 Å². The van der Waals surface area contributed by atoms with Crippen LogP contribution in [0.5, 0.6) is 0 Å². The molecule has 0 aliphatic rings. The average molecular weight is 236 g/mol. The van der Waals surface area contributed by atoms with Crippen molar-refractivity contribution < 1.29 is 4.42 Å². The molecule has 0 amide bonds. The van der Waals surface area contributed by atoms with E-state index in [9.17, 15) is 0 Å². The topological polar surface area (TPSA) is 39.2 Å². The minimum Gasteiger partial charge on any atom is -0.461 e. The van der Waals surface area contributed by atoms with Crippen LogP contribution in [0.4, 0.5) is 0 Å². The average Bonchev–Trinajstić information content (AvgIpc) is 2.66. The van der Waals surface area contributed by atoms with Crippen molar-refractivity contribution in [1.29, 1.82) is 0 Å². The number of furan rings is 1.